The van der Waals surface area contributed by atoms with Crippen molar-refractivity contribution in [2.45, 2.75) is 0 Å². The summed E-state index contributed by atoms with van der Waals surface area (Å²) in [6.07, 6.45) is 0. The van der Waals surface area contributed by atoms with Gasteiger partial charge >= 0.3 is 5.97 Å². The Morgan fingerprint density at radius 2 is 1.40 bits per heavy atom. The van der Waals surface area contributed by atoms with Crippen molar-refractivity contribution in [2.75, 3.05) is 13.6 Å². The second-order valence-electron chi connectivity index (χ2n) is 4.46. The summed E-state index contributed by atoms with van der Waals surface area (Å²) in [6, 6.07) is 18.0. The van der Waals surface area contributed by atoms with Crippen LogP contribution in [0.4, 0.5) is 0 Å². The molecule has 0 atom stereocenters. The minimum atomic E-state index is -3.12. The molecule has 20 heavy (non-hydrogen) atoms. The summed E-state index contributed by atoms with van der Waals surface area (Å²) >= 11 is 0. The highest BCUT2D eigenvalue weighted by atomic mass is 31.2. The van der Waals surface area contributed by atoms with Crippen molar-refractivity contribution >= 4 is 23.9 Å². The molecular weight excluding hydrogens is 273 g/mol. The van der Waals surface area contributed by atoms with Crippen LogP contribution >= 0.6 is 7.29 Å². The molecule has 0 amide bonds. The highest BCUT2D eigenvalue weighted by molar-refractivity contribution is 7.76. The molecule has 2 rings (SSSR count). The van der Waals surface area contributed by atoms with E-state index in [1.165, 1.54) is 4.67 Å². The summed E-state index contributed by atoms with van der Waals surface area (Å²) in [5.41, 5.74) is 0. The summed E-state index contributed by atoms with van der Waals surface area (Å²) in [5.74, 6) is -1.00. The molecule has 0 heterocycles. The number of hydrogen-bond donors (Lipinski definition) is 1. The van der Waals surface area contributed by atoms with Crippen molar-refractivity contribution in [3.63, 3.8) is 0 Å². The van der Waals surface area contributed by atoms with Crippen LogP contribution in [0.2, 0.25) is 0 Å². The number of nitrogens with zero attached hydrogens (tertiary/aromatic N) is 1. The Balaban J connectivity index is 2.55. The normalized spacial score (nSPS) is 11.5. The fourth-order valence-corrected chi connectivity index (χ4v) is 4.66. The molecule has 0 spiro atoms. The SMILES string of the molecule is CN(CC(=O)O)P(=O)(c1ccccc1)c1ccccc1. The van der Waals surface area contributed by atoms with Gasteiger partial charge < -0.3 is 5.11 Å². The van der Waals surface area contributed by atoms with E-state index in [0.717, 1.165) is 0 Å². The van der Waals surface area contributed by atoms with Crippen LogP contribution in [0, 0.1) is 0 Å². The topological polar surface area (TPSA) is 57.6 Å². The highest BCUT2D eigenvalue weighted by Gasteiger charge is 2.32. The maximum atomic E-state index is 13.5. The molecule has 0 aromatic heterocycles. The lowest BCUT2D eigenvalue weighted by atomic mass is 10.4. The van der Waals surface area contributed by atoms with Crippen LogP contribution in [0.1, 0.15) is 0 Å². The molecule has 0 bridgehead atoms. The van der Waals surface area contributed by atoms with Crippen LogP contribution in [0.15, 0.2) is 60.7 Å². The lowest BCUT2D eigenvalue weighted by Gasteiger charge is -2.27. The van der Waals surface area contributed by atoms with Crippen LogP contribution in [-0.2, 0) is 9.36 Å². The molecule has 0 aliphatic carbocycles. The molecule has 0 fully saturated rings. The molecule has 0 saturated carbocycles. The van der Waals surface area contributed by atoms with E-state index in [2.05, 4.69) is 0 Å². The van der Waals surface area contributed by atoms with Gasteiger partial charge in [-0.05, 0) is 31.3 Å². The molecule has 5 heteroatoms. The molecule has 1 N–H and O–H groups in total. The zero-order valence-electron chi connectivity index (χ0n) is 11.1. The van der Waals surface area contributed by atoms with Gasteiger partial charge in [0.25, 0.3) is 0 Å². The fourth-order valence-electron chi connectivity index (χ4n) is 2.10. The van der Waals surface area contributed by atoms with E-state index in [4.69, 9.17) is 5.11 Å². The summed E-state index contributed by atoms with van der Waals surface area (Å²) in [7, 11) is -1.54. The fraction of sp³-hybridized carbons (Fsp3) is 0.133. The first-order valence-corrected chi connectivity index (χ1v) is 7.86. The summed E-state index contributed by atoms with van der Waals surface area (Å²) in [5, 5.41) is 10.2. The van der Waals surface area contributed by atoms with Gasteiger partial charge in [-0.1, -0.05) is 36.4 Å². The van der Waals surface area contributed by atoms with E-state index >= 15 is 0 Å². The highest BCUT2D eigenvalue weighted by Crippen LogP contribution is 2.45. The molecule has 0 aliphatic rings. The molecule has 2 aromatic rings. The van der Waals surface area contributed by atoms with E-state index in [9.17, 15) is 9.36 Å². The van der Waals surface area contributed by atoms with Gasteiger partial charge in [0.1, 0.15) is 6.54 Å². The predicted molar refractivity (Wildman–Crippen MR) is 80.0 cm³/mol. The Morgan fingerprint density at radius 1 is 1.00 bits per heavy atom. The lowest BCUT2D eigenvalue weighted by molar-refractivity contribution is -0.137. The Labute approximate surface area is 118 Å². The number of rotatable bonds is 5. The van der Waals surface area contributed by atoms with E-state index < -0.39 is 13.3 Å². The largest absolute Gasteiger partial charge is 0.480 e. The number of hydrogen-bond acceptors (Lipinski definition) is 2. The predicted octanol–water partition coefficient (Wildman–Crippen LogP) is 1.93. The first kappa shape index (κ1) is 14.5. The van der Waals surface area contributed by atoms with Crippen molar-refractivity contribution in [1.82, 2.24) is 4.67 Å². The maximum absolute atomic E-state index is 13.5. The molecule has 0 unspecified atom stereocenters. The monoisotopic (exact) mass is 289 g/mol. The second kappa shape index (κ2) is 6.04. The second-order valence-corrected chi connectivity index (χ2v) is 7.32. The molecule has 4 nitrogen and oxygen atoms in total. The third kappa shape index (κ3) is 2.82. The first-order valence-electron chi connectivity index (χ1n) is 6.20. The van der Waals surface area contributed by atoms with Crippen molar-refractivity contribution in [3.05, 3.63) is 60.7 Å². The van der Waals surface area contributed by atoms with Crippen molar-refractivity contribution < 1.29 is 14.5 Å². The summed E-state index contributed by atoms with van der Waals surface area (Å²) < 4.78 is 14.9. The zero-order valence-corrected chi connectivity index (χ0v) is 12.0. The average molecular weight is 289 g/mol. The first-order chi connectivity index (χ1) is 9.55. The third-order valence-corrected chi connectivity index (χ3v) is 6.16. The molecular formula is C15H16NO3P. The van der Waals surface area contributed by atoms with Gasteiger partial charge in [-0.2, -0.15) is 0 Å². The van der Waals surface area contributed by atoms with Crippen molar-refractivity contribution in [3.8, 4) is 0 Å². The van der Waals surface area contributed by atoms with E-state index in [0.29, 0.717) is 10.6 Å². The summed E-state index contributed by atoms with van der Waals surface area (Å²) in [4.78, 5) is 11.0. The van der Waals surface area contributed by atoms with E-state index in [-0.39, 0.29) is 6.54 Å². The quantitative estimate of drug-likeness (QED) is 0.855. The van der Waals surface area contributed by atoms with Crippen molar-refractivity contribution in [2.24, 2.45) is 0 Å². The molecule has 0 radical (unpaired) electrons. The van der Waals surface area contributed by atoms with E-state index in [1.807, 2.05) is 12.1 Å². The minimum Gasteiger partial charge on any atom is -0.480 e. The molecule has 2 aromatic carbocycles. The van der Waals surface area contributed by atoms with Crippen LogP contribution in [-0.4, -0.2) is 29.3 Å². The Bertz CT molecular complexity index is 585. The van der Waals surface area contributed by atoms with Gasteiger partial charge in [-0.15, -0.1) is 0 Å². The Hall–Kier alpha value is -1.90. The number of carbonyl (C=O) groups is 1. The van der Waals surface area contributed by atoms with Gasteiger partial charge in [0.2, 0.25) is 7.29 Å². The van der Waals surface area contributed by atoms with Gasteiger partial charge in [-0.3, -0.25) is 9.36 Å². The van der Waals surface area contributed by atoms with Gasteiger partial charge in [-0.25, -0.2) is 4.67 Å². The van der Waals surface area contributed by atoms with Gasteiger partial charge in [0.15, 0.2) is 0 Å². The zero-order chi connectivity index (χ0) is 14.6. The van der Waals surface area contributed by atoms with Gasteiger partial charge in [0, 0.05) is 10.6 Å². The standard InChI is InChI=1S/C15H16NO3P/c1-16(12-15(17)18)20(19,13-8-4-2-5-9-13)14-10-6-3-7-11-14/h2-11H,12H2,1H3,(H,17,18). The van der Waals surface area contributed by atoms with Crippen molar-refractivity contribution in [1.29, 1.82) is 0 Å². The number of carboxylic acids is 1. The van der Waals surface area contributed by atoms with Crippen LogP contribution in [0.3, 0.4) is 0 Å². The number of benzene rings is 2. The number of aliphatic carboxylic acids is 1. The third-order valence-electron chi connectivity index (χ3n) is 3.06. The number of likely N-dealkylation sites (N-methyl/N-ethyl adjacent to an activating group) is 1. The summed E-state index contributed by atoms with van der Waals surface area (Å²) in [6.45, 7) is -0.277. The van der Waals surface area contributed by atoms with E-state index in [1.54, 1.807) is 55.6 Å². The lowest BCUT2D eigenvalue weighted by Crippen LogP contribution is -2.33. The van der Waals surface area contributed by atoms with Crippen LogP contribution < -0.4 is 10.6 Å². The molecule has 0 saturated heterocycles. The number of carboxylic acid groups (broad SMARTS) is 1. The van der Waals surface area contributed by atoms with Crippen LogP contribution in [0.25, 0.3) is 0 Å². The smallest absolute Gasteiger partial charge is 0.318 e. The Morgan fingerprint density at radius 3 is 1.75 bits per heavy atom. The van der Waals surface area contributed by atoms with Crippen LogP contribution in [0.5, 0.6) is 0 Å². The molecule has 0 aliphatic heterocycles. The average Bonchev–Trinajstić information content (AvgIpc) is 2.47. The minimum absolute atomic E-state index is 0.277. The maximum Gasteiger partial charge on any atom is 0.318 e. The molecule has 104 valence electrons. The Kier molecular flexibility index (Phi) is 4.38. The van der Waals surface area contributed by atoms with Gasteiger partial charge in [0.05, 0.1) is 0 Å².